The molecule has 30 heavy (non-hydrogen) atoms. The molecule has 1 aromatic heterocycles. The molecule has 0 saturated heterocycles. The molecule has 1 fully saturated rings. The van der Waals surface area contributed by atoms with Crippen LogP contribution in [0.1, 0.15) is 49.8 Å². The summed E-state index contributed by atoms with van der Waals surface area (Å²) in [5, 5.41) is 3.13. The molecule has 0 aliphatic heterocycles. The zero-order valence-electron chi connectivity index (χ0n) is 17.3. The third kappa shape index (κ3) is 4.96. The summed E-state index contributed by atoms with van der Waals surface area (Å²) in [7, 11) is 0. The number of hydrogen-bond donors (Lipinski definition) is 1. The second kappa shape index (κ2) is 9.70. The molecule has 156 valence electrons. The molecule has 1 saturated carbocycles. The number of nitrogens with zero attached hydrogens (tertiary/aromatic N) is 2. The Morgan fingerprint density at radius 2 is 1.70 bits per heavy atom. The predicted molar refractivity (Wildman–Crippen MR) is 119 cm³/mol. The highest BCUT2D eigenvalue weighted by atomic mass is 16.1. The number of nitrogens with one attached hydrogen (secondary N) is 1. The summed E-state index contributed by atoms with van der Waals surface area (Å²) in [4.78, 5) is 30.2. The average molecular weight is 404 g/mol. The minimum absolute atomic E-state index is 0.0205. The molecule has 5 nitrogen and oxygen atoms in total. The summed E-state index contributed by atoms with van der Waals surface area (Å²) in [6.07, 6.45) is 7.20. The van der Waals surface area contributed by atoms with E-state index in [1.54, 1.807) is 0 Å². The number of rotatable bonds is 7. The van der Waals surface area contributed by atoms with Crippen LogP contribution in [0.25, 0.3) is 11.0 Å². The topological polar surface area (TPSA) is 64.0 Å². The third-order valence-corrected chi connectivity index (χ3v) is 5.95. The maximum absolute atomic E-state index is 13.2. The Morgan fingerprint density at radius 3 is 2.50 bits per heavy atom. The fourth-order valence-corrected chi connectivity index (χ4v) is 4.29. The van der Waals surface area contributed by atoms with Gasteiger partial charge in [-0.1, -0.05) is 61.7 Å². The second-order valence-electron chi connectivity index (χ2n) is 8.14. The maximum Gasteiger partial charge on any atom is 0.272 e. The predicted octanol–water partition coefficient (Wildman–Crippen LogP) is 4.02. The number of aryl methyl sites for hydroxylation is 3. The normalized spacial score (nSPS) is 14.7. The lowest BCUT2D eigenvalue weighted by Gasteiger charge is -2.22. The van der Waals surface area contributed by atoms with E-state index in [1.807, 2.05) is 47.0 Å². The van der Waals surface area contributed by atoms with Crippen LogP contribution < -0.4 is 10.9 Å². The van der Waals surface area contributed by atoms with Gasteiger partial charge in [-0.15, -0.1) is 0 Å². The zero-order chi connectivity index (χ0) is 20.8. The lowest BCUT2D eigenvalue weighted by molar-refractivity contribution is -0.122. The van der Waals surface area contributed by atoms with Crippen molar-refractivity contribution in [3.63, 3.8) is 0 Å². The van der Waals surface area contributed by atoms with Gasteiger partial charge in [0.15, 0.2) is 0 Å². The molecule has 4 rings (SSSR count). The number of carbonyl (C=O) groups excluding carboxylic acids is 1. The van der Waals surface area contributed by atoms with Crippen molar-refractivity contribution in [1.82, 2.24) is 14.9 Å². The summed E-state index contributed by atoms with van der Waals surface area (Å²) in [6, 6.07) is 18.2. The van der Waals surface area contributed by atoms with E-state index in [9.17, 15) is 9.59 Å². The van der Waals surface area contributed by atoms with E-state index in [0.717, 1.165) is 30.3 Å². The van der Waals surface area contributed by atoms with Crippen molar-refractivity contribution in [2.24, 2.45) is 0 Å². The first-order valence-electron chi connectivity index (χ1n) is 11.0. The first kappa shape index (κ1) is 20.3. The fraction of sp³-hybridized carbons (Fsp3) is 0.400. The number of aromatic nitrogens is 2. The lowest BCUT2D eigenvalue weighted by atomic mass is 9.95. The van der Waals surface area contributed by atoms with Crippen LogP contribution in [0.15, 0.2) is 59.4 Å². The molecule has 0 unspecified atom stereocenters. The standard InChI is InChI=1S/C25H29N3O2/c29-24(26-20-11-5-2-6-12-20)16-15-22-25(30)28(18-17-19-9-3-1-4-10-19)23-14-8-7-13-21(23)27-22/h1,3-4,7-10,13-14,20H,2,5-6,11-12,15-18H2,(H,26,29). The number of amides is 1. The highest BCUT2D eigenvalue weighted by Crippen LogP contribution is 2.17. The molecule has 1 aliphatic carbocycles. The van der Waals surface area contributed by atoms with E-state index >= 15 is 0 Å². The van der Waals surface area contributed by atoms with Gasteiger partial charge in [0.1, 0.15) is 5.69 Å². The quantitative estimate of drug-likeness (QED) is 0.648. The minimum atomic E-state index is -0.0879. The Balaban J connectivity index is 1.50. The largest absolute Gasteiger partial charge is 0.353 e. The van der Waals surface area contributed by atoms with Gasteiger partial charge in [-0.3, -0.25) is 9.59 Å². The Morgan fingerprint density at radius 1 is 0.967 bits per heavy atom. The van der Waals surface area contributed by atoms with Crippen molar-refractivity contribution in [3.05, 3.63) is 76.2 Å². The van der Waals surface area contributed by atoms with Crippen LogP contribution in [0.2, 0.25) is 0 Å². The zero-order valence-corrected chi connectivity index (χ0v) is 17.3. The van der Waals surface area contributed by atoms with Gasteiger partial charge in [0.2, 0.25) is 5.91 Å². The minimum Gasteiger partial charge on any atom is -0.353 e. The van der Waals surface area contributed by atoms with Crippen molar-refractivity contribution in [3.8, 4) is 0 Å². The third-order valence-electron chi connectivity index (χ3n) is 5.95. The lowest BCUT2D eigenvalue weighted by Crippen LogP contribution is -2.36. The van der Waals surface area contributed by atoms with Crippen LogP contribution in [0.4, 0.5) is 0 Å². The van der Waals surface area contributed by atoms with Gasteiger partial charge in [0.25, 0.3) is 5.56 Å². The Kier molecular flexibility index (Phi) is 6.57. The fourth-order valence-electron chi connectivity index (χ4n) is 4.29. The van der Waals surface area contributed by atoms with Gasteiger partial charge in [0, 0.05) is 25.4 Å². The number of fused-ring (bicyclic) bond motifs is 1. The van der Waals surface area contributed by atoms with Crippen LogP contribution in [-0.4, -0.2) is 21.5 Å². The molecule has 0 atom stereocenters. The number of carbonyl (C=O) groups is 1. The van der Waals surface area contributed by atoms with Gasteiger partial charge in [-0.25, -0.2) is 4.98 Å². The Labute approximate surface area is 177 Å². The van der Waals surface area contributed by atoms with Crippen molar-refractivity contribution in [2.45, 2.75) is 64.0 Å². The van der Waals surface area contributed by atoms with Gasteiger partial charge in [-0.2, -0.15) is 0 Å². The second-order valence-corrected chi connectivity index (χ2v) is 8.14. The average Bonchev–Trinajstić information content (AvgIpc) is 2.78. The van der Waals surface area contributed by atoms with E-state index in [1.165, 1.54) is 24.8 Å². The molecule has 3 aromatic rings. The van der Waals surface area contributed by atoms with Crippen molar-refractivity contribution in [2.75, 3.05) is 0 Å². The number of para-hydroxylation sites is 2. The highest BCUT2D eigenvalue weighted by Gasteiger charge is 2.17. The highest BCUT2D eigenvalue weighted by molar-refractivity contribution is 5.77. The van der Waals surface area contributed by atoms with E-state index in [4.69, 9.17) is 0 Å². The van der Waals surface area contributed by atoms with Crippen molar-refractivity contribution >= 4 is 16.9 Å². The summed E-state index contributed by atoms with van der Waals surface area (Å²) in [5.41, 5.74) is 3.22. The molecule has 1 amide bonds. The summed E-state index contributed by atoms with van der Waals surface area (Å²) in [5.74, 6) is 0.0205. The maximum atomic E-state index is 13.2. The SMILES string of the molecule is O=C(CCc1nc2ccccc2n(CCc2ccccc2)c1=O)NC1CCCCC1. The van der Waals surface area contributed by atoms with Crippen molar-refractivity contribution in [1.29, 1.82) is 0 Å². The van der Waals surface area contributed by atoms with E-state index < -0.39 is 0 Å². The van der Waals surface area contributed by atoms with Crippen LogP contribution in [-0.2, 0) is 24.2 Å². The first-order chi connectivity index (χ1) is 14.7. The summed E-state index contributed by atoms with van der Waals surface area (Å²) < 4.78 is 1.81. The smallest absolute Gasteiger partial charge is 0.272 e. The molecule has 1 aliphatic rings. The van der Waals surface area contributed by atoms with Crippen LogP contribution in [0, 0.1) is 0 Å². The number of hydrogen-bond acceptors (Lipinski definition) is 3. The van der Waals surface area contributed by atoms with Gasteiger partial charge in [0.05, 0.1) is 11.0 Å². The molecule has 1 N–H and O–H groups in total. The van der Waals surface area contributed by atoms with Gasteiger partial charge >= 0.3 is 0 Å². The first-order valence-corrected chi connectivity index (χ1v) is 11.0. The summed E-state index contributed by atoms with van der Waals surface area (Å²) >= 11 is 0. The number of benzene rings is 2. The Bertz CT molecular complexity index is 1050. The van der Waals surface area contributed by atoms with Crippen LogP contribution in [0.5, 0.6) is 0 Å². The van der Waals surface area contributed by atoms with Gasteiger partial charge < -0.3 is 9.88 Å². The molecule has 0 bridgehead atoms. The molecule has 2 aromatic carbocycles. The molecule has 5 heteroatoms. The van der Waals surface area contributed by atoms with E-state index in [-0.39, 0.29) is 11.5 Å². The molecule has 0 radical (unpaired) electrons. The van der Waals surface area contributed by atoms with E-state index in [0.29, 0.717) is 31.1 Å². The Hall–Kier alpha value is -2.95. The molecule has 1 heterocycles. The molecule has 0 spiro atoms. The molecular formula is C25H29N3O2. The van der Waals surface area contributed by atoms with E-state index in [2.05, 4.69) is 22.4 Å². The van der Waals surface area contributed by atoms with Gasteiger partial charge in [-0.05, 0) is 37.0 Å². The van der Waals surface area contributed by atoms with Crippen LogP contribution in [0.3, 0.4) is 0 Å². The van der Waals surface area contributed by atoms with Crippen LogP contribution >= 0.6 is 0 Å². The monoisotopic (exact) mass is 403 g/mol. The summed E-state index contributed by atoms with van der Waals surface area (Å²) in [6.45, 7) is 0.590. The van der Waals surface area contributed by atoms with Crippen molar-refractivity contribution < 1.29 is 4.79 Å². The molecular weight excluding hydrogens is 374 g/mol.